The number of aliphatic hydroxyl groups is 3. The molecule has 2 aliphatic heterocycles. The smallest absolute Gasteiger partial charge is 0.331 e. The summed E-state index contributed by atoms with van der Waals surface area (Å²) in [5, 5.41) is 34.9. The van der Waals surface area contributed by atoms with Crippen LogP contribution in [0.3, 0.4) is 0 Å². The average molecular weight is 535 g/mol. The van der Waals surface area contributed by atoms with E-state index in [0.29, 0.717) is 25.9 Å². The molecule has 8 nitrogen and oxygen atoms in total. The molecule has 6 rings (SSSR count). The van der Waals surface area contributed by atoms with Gasteiger partial charge >= 0.3 is 5.97 Å². The minimum atomic E-state index is -0.853. The number of methoxy groups -OCH3 is 1. The molecule has 3 N–H and O–H groups in total. The highest BCUT2D eigenvalue weighted by atomic mass is 16.7. The van der Waals surface area contributed by atoms with Crippen molar-refractivity contribution >= 4 is 5.97 Å². The second-order valence-corrected chi connectivity index (χ2v) is 13.8. The predicted molar refractivity (Wildman–Crippen MR) is 138 cm³/mol. The molecule has 0 aromatic heterocycles. The standard InChI is InChI=1S/C30H46O8/c1-17-26(32)23(35-4)14-25(37-17)38-19-5-9-27(2)21-6-10-28(3)20(18-13-24(31)36-16-18)8-12-30(28,34)22(21)7-11-29(27,33)15-19/h13,17,19-23,25-26,32-34H,5-12,14-16H2,1-4H3/t17-,19-,20-,21-,22-,23+,25-,26-,27-,28-,29+,30+/m1/s1. The minimum absolute atomic E-state index is 0.116. The van der Waals surface area contributed by atoms with Crippen molar-refractivity contribution < 1.29 is 39.1 Å². The van der Waals surface area contributed by atoms with Crippen LogP contribution in [-0.2, 0) is 23.7 Å². The van der Waals surface area contributed by atoms with Crippen molar-refractivity contribution in [3.8, 4) is 0 Å². The van der Waals surface area contributed by atoms with Gasteiger partial charge in [0, 0.05) is 31.4 Å². The Kier molecular flexibility index (Phi) is 6.61. The maximum absolute atomic E-state index is 12.4. The molecule has 1 saturated heterocycles. The highest BCUT2D eigenvalue weighted by molar-refractivity contribution is 5.85. The molecular formula is C30H46O8. The first kappa shape index (κ1) is 27.2. The third kappa shape index (κ3) is 3.81. The zero-order chi connectivity index (χ0) is 27.1. The largest absolute Gasteiger partial charge is 0.458 e. The van der Waals surface area contributed by atoms with Gasteiger partial charge in [-0.1, -0.05) is 13.8 Å². The summed E-state index contributed by atoms with van der Waals surface area (Å²) in [6, 6.07) is 0. The number of carbonyl (C=O) groups is 1. The van der Waals surface area contributed by atoms with E-state index in [9.17, 15) is 20.1 Å². The van der Waals surface area contributed by atoms with Crippen molar-refractivity contribution in [2.75, 3.05) is 13.7 Å². The fourth-order valence-corrected chi connectivity index (χ4v) is 10.0. The Morgan fingerprint density at radius 3 is 2.45 bits per heavy atom. The van der Waals surface area contributed by atoms with Gasteiger partial charge in [-0.3, -0.25) is 0 Å². The summed E-state index contributed by atoms with van der Waals surface area (Å²) in [6.45, 7) is 6.67. The number of carbonyl (C=O) groups excluding carboxylic acids is 1. The molecule has 0 unspecified atom stereocenters. The summed E-state index contributed by atoms with van der Waals surface area (Å²) in [4.78, 5) is 11.8. The Balaban J connectivity index is 1.18. The lowest BCUT2D eigenvalue weighted by atomic mass is 9.42. The van der Waals surface area contributed by atoms with Gasteiger partial charge in [0.15, 0.2) is 6.29 Å². The fraction of sp³-hybridized carbons (Fsp3) is 0.900. The number of cyclic esters (lactones) is 1. The maximum atomic E-state index is 12.4. The number of hydrogen-bond donors (Lipinski definition) is 3. The molecule has 5 fully saturated rings. The van der Waals surface area contributed by atoms with E-state index in [2.05, 4.69) is 13.8 Å². The van der Waals surface area contributed by atoms with Crippen LogP contribution in [0.25, 0.3) is 0 Å². The molecule has 0 aromatic rings. The van der Waals surface area contributed by atoms with E-state index in [1.54, 1.807) is 13.2 Å². The molecule has 0 bridgehead atoms. The summed E-state index contributed by atoms with van der Waals surface area (Å²) < 4.78 is 23.0. The highest BCUT2D eigenvalue weighted by Gasteiger charge is 2.70. The van der Waals surface area contributed by atoms with E-state index < -0.39 is 23.6 Å². The topological polar surface area (TPSA) is 115 Å². The molecule has 0 amide bonds. The summed E-state index contributed by atoms with van der Waals surface area (Å²) in [5.74, 6) is 0.293. The van der Waals surface area contributed by atoms with Gasteiger partial charge in [-0.25, -0.2) is 4.79 Å². The first-order chi connectivity index (χ1) is 17.9. The van der Waals surface area contributed by atoms with Crippen LogP contribution in [-0.4, -0.2) is 76.9 Å². The maximum Gasteiger partial charge on any atom is 0.331 e. The molecule has 2 heterocycles. The molecule has 0 spiro atoms. The normalized spacial score (nSPS) is 54.5. The van der Waals surface area contributed by atoms with E-state index >= 15 is 0 Å². The van der Waals surface area contributed by atoms with Crippen LogP contribution in [0.2, 0.25) is 0 Å². The van der Waals surface area contributed by atoms with Crippen LogP contribution < -0.4 is 0 Å². The molecule has 0 aromatic carbocycles. The van der Waals surface area contributed by atoms with Crippen molar-refractivity contribution in [1.82, 2.24) is 0 Å². The zero-order valence-electron chi connectivity index (χ0n) is 23.4. The van der Waals surface area contributed by atoms with Crippen molar-refractivity contribution in [1.29, 1.82) is 0 Å². The number of fused-ring (bicyclic) bond motifs is 5. The van der Waals surface area contributed by atoms with Crippen LogP contribution >= 0.6 is 0 Å². The predicted octanol–water partition coefficient (Wildman–Crippen LogP) is 3.25. The number of aliphatic hydroxyl groups excluding tert-OH is 1. The Bertz CT molecular complexity index is 983. The van der Waals surface area contributed by atoms with E-state index in [-0.39, 0.29) is 52.9 Å². The Morgan fingerprint density at radius 1 is 1.00 bits per heavy atom. The number of ether oxygens (including phenoxy) is 4. The molecule has 0 radical (unpaired) electrons. The van der Waals surface area contributed by atoms with Crippen molar-refractivity contribution in [2.45, 2.75) is 127 Å². The highest BCUT2D eigenvalue weighted by Crippen LogP contribution is 2.70. The molecule has 4 saturated carbocycles. The summed E-state index contributed by atoms with van der Waals surface area (Å²) >= 11 is 0. The summed E-state index contributed by atoms with van der Waals surface area (Å²) in [5.41, 5.74) is -1.17. The second-order valence-electron chi connectivity index (χ2n) is 13.8. The third-order valence-electron chi connectivity index (χ3n) is 12.4. The van der Waals surface area contributed by atoms with Gasteiger partial charge in [-0.15, -0.1) is 0 Å². The lowest BCUT2D eigenvalue weighted by molar-refractivity contribution is -0.291. The van der Waals surface area contributed by atoms with Crippen LogP contribution in [0, 0.1) is 28.6 Å². The van der Waals surface area contributed by atoms with Crippen LogP contribution in [0.4, 0.5) is 0 Å². The first-order valence-corrected chi connectivity index (χ1v) is 14.8. The van der Waals surface area contributed by atoms with Crippen molar-refractivity contribution in [2.24, 2.45) is 28.6 Å². The number of esters is 1. The molecule has 214 valence electrons. The van der Waals surface area contributed by atoms with Gasteiger partial charge in [-0.05, 0) is 87.0 Å². The quantitative estimate of drug-likeness (QED) is 0.372. The molecule has 4 aliphatic carbocycles. The van der Waals surface area contributed by atoms with Gasteiger partial charge in [0.05, 0.1) is 29.5 Å². The lowest BCUT2D eigenvalue weighted by Gasteiger charge is -2.66. The monoisotopic (exact) mass is 534 g/mol. The lowest BCUT2D eigenvalue weighted by Crippen LogP contribution is -2.67. The number of hydrogen-bond acceptors (Lipinski definition) is 8. The average Bonchev–Trinajstić information content (AvgIpc) is 3.41. The van der Waals surface area contributed by atoms with Gasteiger partial charge in [-0.2, -0.15) is 0 Å². The van der Waals surface area contributed by atoms with Crippen LogP contribution in [0.5, 0.6) is 0 Å². The molecule has 6 aliphatic rings. The van der Waals surface area contributed by atoms with E-state index in [4.69, 9.17) is 18.9 Å². The number of rotatable bonds is 4. The Hall–Kier alpha value is -1.03. The summed E-state index contributed by atoms with van der Waals surface area (Å²) in [6.07, 6.45) is 7.36. The first-order valence-electron chi connectivity index (χ1n) is 14.8. The second kappa shape index (κ2) is 9.25. The molecular weight excluding hydrogens is 488 g/mol. The molecule has 12 atom stereocenters. The van der Waals surface area contributed by atoms with Gasteiger partial charge < -0.3 is 34.3 Å². The minimum Gasteiger partial charge on any atom is -0.458 e. The summed E-state index contributed by atoms with van der Waals surface area (Å²) in [7, 11) is 1.60. The fourth-order valence-electron chi connectivity index (χ4n) is 10.0. The van der Waals surface area contributed by atoms with E-state index in [0.717, 1.165) is 50.5 Å². The third-order valence-corrected chi connectivity index (χ3v) is 12.4. The SMILES string of the molecule is CO[C@H]1C[C@@H](O[C@@H]2CC[C@]3(C)[C@@H]4CC[C@]5(C)[C@@H](C6=CC(=O)OC6)CC[C@]5(O)[C@@H]4CC[C@]3(O)C2)O[C@H](C)[C@H]1O. The van der Waals surface area contributed by atoms with E-state index in [1.807, 2.05) is 6.92 Å². The van der Waals surface area contributed by atoms with Gasteiger partial charge in [0.1, 0.15) is 12.7 Å². The van der Waals surface area contributed by atoms with Gasteiger partial charge in [0.25, 0.3) is 0 Å². The van der Waals surface area contributed by atoms with Crippen LogP contribution in [0.1, 0.15) is 85.0 Å². The Labute approximate surface area is 226 Å². The van der Waals surface area contributed by atoms with Crippen molar-refractivity contribution in [3.63, 3.8) is 0 Å². The van der Waals surface area contributed by atoms with Gasteiger partial charge in [0.2, 0.25) is 0 Å². The van der Waals surface area contributed by atoms with E-state index in [1.165, 1.54) is 0 Å². The Morgan fingerprint density at radius 2 is 1.74 bits per heavy atom. The van der Waals surface area contributed by atoms with Crippen LogP contribution in [0.15, 0.2) is 11.6 Å². The van der Waals surface area contributed by atoms with Crippen molar-refractivity contribution in [3.05, 3.63) is 11.6 Å². The zero-order valence-corrected chi connectivity index (χ0v) is 23.4. The molecule has 8 heteroatoms. The molecule has 38 heavy (non-hydrogen) atoms.